The van der Waals surface area contributed by atoms with E-state index in [1.54, 1.807) is 44.6 Å². The van der Waals surface area contributed by atoms with Crippen molar-refractivity contribution in [3.8, 4) is 23.1 Å². The highest BCUT2D eigenvalue weighted by Gasteiger charge is 2.15. The van der Waals surface area contributed by atoms with Crippen molar-refractivity contribution in [1.82, 2.24) is 9.97 Å². The Bertz CT molecular complexity index is 1420. The molecule has 0 saturated heterocycles. The van der Waals surface area contributed by atoms with E-state index in [9.17, 15) is 4.79 Å². The molecule has 0 radical (unpaired) electrons. The van der Waals surface area contributed by atoms with Gasteiger partial charge in [-0.1, -0.05) is 56.6 Å². The van der Waals surface area contributed by atoms with Gasteiger partial charge in [0.05, 0.1) is 35.8 Å². The van der Waals surface area contributed by atoms with Gasteiger partial charge in [0.1, 0.15) is 18.7 Å². The molecule has 0 fully saturated rings. The number of carbonyl (C=O) groups excluding carboxylic acids is 1. The topological polar surface area (TPSA) is 91.8 Å². The predicted molar refractivity (Wildman–Crippen MR) is 143 cm³/mol. The van der Waals surface area contributed by atoms with Crippen LogP contribution in [0.3, 0.4) is 0 Å². The third-order valence-electron chi connectivity index (χ3n) is 5.69. The lowest BCUT2D eigenvalue weighted by Crippen LogP contribution is -2.14. The van der Waals surface area contributed by atoms with E-state index in [0.29, 0.717) is 39.7 Å². The number of aromatic nitrogens is 2. The molecule has 0 unspecified atom stereocenters. The van der Waals surface area contributed by atoms with Crippen molar-refractivity contribution >= 4 is 34.3 Å². The van der Waals surface area contributed by atoms with Gasteiger partial charge in [0.15, 0.2) is 11.5 Å². The molecule has 0 spiro atoms. The van der Waals surface area contributed by atoms with Crippen LogP contribution in [-0.2, 0) is 16.8 Å². The van der Waals surface area contributed by atoms with E-state index < -0.39 is 6.09 Å². The number of benzene rings is 3. The number of nitrogens with one attached hydrogen (secondary N) is 1. The summed E-state index contributed by atoms with van der Waals surface area (Å²) in [7, 11) is 3.10. The van der Waals surface area contributed by atoms with Crippen LogP contribution in [-0.4, -0.2) is 30.3 Å². The number of carbonyl (C=O) groups is 1. The molecule has 0 aliphatic rings. The minimum atomic E-state index is -0.613. The Kier molecular flexibility index (Phi) is 7.69. The molecule has 192 valence electrons. The number of hydrogen-bond donors (Lipinski definition) is 1. The van der Waals surface area contributed by atoms with Gasteiger partial charge in [0.2, 0.25) is 5.88 Å². The van der Waals surface area contributed by atoms with E-state index in [1.807, 2.05) is 24.3 Å². The van der Waals surface area contributed by atoms with Crippen LogP contribution in [0.5, 0.6) is 23.1 Å². The Morgan fingerprint density at radius 3 is 2.30 bits per heavy atom. The summed E-state index contributed by atoms with van der Waals surface area (Å²) in [5.41, 5.74) is 3.18. The lowest BCUT2D eigenvalue weighted by Gasteiger charge is -2.19. The van der Waals surface area contributed by atoms with E-state index in [2.05, 4.69) is 36.1 Å². The molecule has 0 aliphatic heterocycles. The molecule has 1 N–H and O–H groups in total. The Hall–Kier alpha value is -4.04. The molecule has 4 aromatic rings. The number of hydrogen-bond acceptors (Lipinski definition) is 7. The SMILES string of the molecule is COc1cc2ncnc(Oc3ccc(NC(=O)OCc4ccc(C(C)(C)C)cc4)c(Cl)c3)c2cc1OC. The van der Waals surface area contributed by atoms with Crippen molar-refractivity contribution in [2.24, 2.45) is 0 Å². The predicted octanol–water partition coefficient (Wildman–Crippen LogP) is 7.14. The van der Waals surface area contributed by atoms with E-state index in [4.69, 9.17) is 30.5 Å². The van der Waals surface area contributed by atoms with Crippen molar-refractivity contribution in [3.63, 3.8) is 0 Å². The third kappa shape index (κ3) is 6.21. The molecule has 0 aliphatic carbocycles. The van der Waals surface area contributed by atoms with Crippen LogP contribution in [0.1, 0.15) is 31.9 Å². The minimum Gasteiger partial charge on any atom is -0.493 e. The Morgan fingerprint density at radius 1 is 0.946 bits per heavy atom. The van der Waals surface area contributed by atoms with Crippen molar-refractivity contribution < 1.29 is 23.7 Å². The van der Waals surface area contributed by atoms with Gasteiger partial charge in [-0.15, -0.1) is 0 Å². The summed E-state index contributed by atoms with van der Waals surface area (Å²) < 4.78 is 22.0. The van der Waals surface area contributed by atoms with Crippen LogP contribution in [0.4, 0.5) is 10.5 Å². The smallest absolute Gasteiger partial charge is 0.412 e. The molecule has 1 heterocycles. The fraction of sp³-hybridized carbons (Fsp3) is 0.250. The summed E-state index contributed by atoms with van der Waals surface area (Å²) in [5.74, 6) is 1.82. The van der Waals surface area contributed by atoms with E-state index in [1.165, 1.54) is 11.9 Å². The molecule has 0 bridgehead atoms. The zero-order chi connectivity index (χ0) is 26.6. The molecule has 1 aromatic heterocycles. The number of ether oxygens (including phenoxy) is 4. The Labute approximate surface area is 220 Å². The molecule has 37 heavy (non-hydrogen) atoms. The molecule has 9 heteroatoms. The van der Waals surface area contributed by atoms with Gasteiger partial charge in [0, 0.05) is 12.1 Å². The first-order valence-electron chi connectivity index (χ1n) is 11.6. The van der Waals surface area contributed by atoms with Crippen molar-refractivity contribution in [1.29, 1.82) is 0 Å². The fourth-order valence-electron chi connectivity index (χ4n) is 3.61. The van der Waals surface area contributed by atoms with Crippen LogP contribution in [0.15, 0.2) is 60.9 Å². The van der Waals surface area contributed by atoms with Crippen molar-refractivity contribution in [2.75, 3.05) is 19.5 Å². The van der Waals surface area contributed by atoms with Gasteiger partial charge in [-0.3, -0.25) is 5.32 Å². The van der Waals surface area contributed by atoms with Crippen LogP contribution >= 0.6 is 11.6 Å². The lowest BCUT2D eigenvalue weighted by molar-refractivity contribution is 0.155. The zero-order valence-corrected chi connectivity index (χ0v) is 22.1. The van der Waals surface area contributed by atoms with Gasteiger partial charge in [-0.25, -0.2) is 14.8 Å². The minimum absolute atomic E-state index is 0.0599. The van der Waals surface area contributed by atoms with Gasteiger partial charge in [-0.05, 0) is 34.7 Å². The molecular formula is C28H28ClN3O5. The number of nitrogens with zero attached hydrogens (tertiary/aromatic N) is 2. The molecule has 0 saturated carbocycles. The Morgan fingerprint density at radius 2 is 1.65 bits per heavy atom. The highest BCUT2D eigenvalue weighted by molar-refractivity contribution is 6.33. The van der Waals surface area contributed by atoms with Crippen molar-refractivity contribution in [2.45, 2.75) is 32.8 Å². The average molecular weight is 522 g/mol. The number of fused-ring (bicyclic) bond motifs is 1. The van der Waals surface area contributed by atoms with Crippen LogP contribution in [0, 0.1) is 0 Å². The van der Waals surface area contributed by atoms with E-state index in [-0.39, 0.29) is 17.0 Å². The number of anilines is 1. The normalized spacial score (nSPS) is 11.2. The first-order chi connectivity index (χ1) is 17.7. The van der Waals surface area contributed by atoms with Crippen LogP contribution in [0.2, 0.25) is 5.02 Å². The zero-order valence-electron chi connectivity index (χ0n) is 21.3. The quantitative estimate of drug-likeness (QED) is 0.276. The van der Waals surface area contributed by atoms with E-state index >= 15 is 0 Å². The van der Waals surface area contributed by atoms with Crippen molar-refractivity contribution in [3.05, 3.63) is 77.1 Å². The number of amides is 1. The number of methoxy groups -OCH3 is 2. The monoisotopic (exact) mass is 521 g/mol. The largest absolute Gasteiger partial charge is 0.493 e. The second-order valence-corrected chi connectivity index (χ2v) is 9.70. The third-order valence-corrected chi connectivity index (χ3v) is 6.00. The number of halogens is 1. The molecule has 8 nitrogen and oxygen atoms in total. The van der Waals surface area contributed by atoms with Crippen LogP contribution < -0.4 is 19.5 Å². The van der Waals surface area contributed by atoms with Gasteiger partial charge in [0.25, 0.3) is 0 Å². The maximum Gasteiger partial charge on any atom is 0.412 e. The molecule has 1 amide bonds. The first kappa shape index (κ1) is 26.0. The summed E-state index contributed by atoms with van der Waals surface area (Å²) in [6.45, 7) is 6.59. The van der Waals surface area contributed by atoms with Gasteiger partial charge >= 0.3 is 6.09 Å². The summed E-state index contributed by atoms with van der Waals surface area (Å²) in [6.07, 6.45) is 0.784. The van der Waals surface area contributed by atoms with Crippen LogP contribution in [0.25, 0.3) is 10.9 Å². The summed E-state index contributed by atoms with van der Waals surface area (Å²) in [4.78, 5) is 20.9. The molecule has 0 atom stereocenters. The molecular weight excluding hydrogens is 494 g/mol. The highest BCUT2D eigenvalue weighted by Crippen LogP contribution is 2.37. The second-order valence-electron chi connectivity index (χ2n) is 9.29. The summed E-state index contributed by atoms with van der Waals surface area (Å²) >= 11 is 6.40. The summed E-state index contributed by atoms with van der Waals surface area (Å²) in [6, 6.07) is 16.4. The van der Waals surface area contributed by atoms with E-state index in [0.717, 1.165) is 5.56 Å². The maximum absolute atomic E-state index is 12.3. The molecule has 3 aromatic carbocycles. The van der Waals surface area contributed by atoms with Gasteiger partial charge < -0.3 is 18.9 Å². The standard InChI is InChI=1S/C28H28ClN3O5/c1-28(2,3)18-8-6-17(7-9-18)15-36-27(33)32-22-11-10-19(12-21(22)29)37-26-20-13-24(34-4)25(35-5)14-23(20)30-16-31-26/h6-14,16H,15H2,1-5H3,(H,32,33). The number of rotatable bonds is 7. The first-order valence-corrected chi connectivity index (χ1v) is 11.9. The fourth-order valence-corrected chi connectivity index (χ4v) is 3.83. The average Bonchev–Trinajstić information content (AvgIpc) is 2.88. The lowest BCUT2D eigenvalue weighted by atomic mass is 9.87. The maximum atomic E-state index is 12.3. The van der Waals surface area contributed by atoms with Gasteiger partial charge in [-0.2, -0.15) is 0 Å². The Balaban J connectivity index is 1.42. The molecule has 4 rings (SSSR count). The highest BCUT2D eigenvalue weighted by atomic mass is 35.5. The summed E-state index contributed by atoms with van der Waals surface area (Å²) in [5, 5.41) is 3.58. The second kappa shape index (κ2) is 10.9.